The summed E-state index contributed by atoms with van der Waals surface area (Å²) in [6, 6.07) is 10.9. The lowest BCUT2D eigenvalue weighted by Gasteiger charge is -2.35. The summed E-state index contributed by atoms with van der Waals surface area (Å²) < 4.78 is 32.7. The van der Waals surface area contributed by atoms with Crippen molar-refractivity contribution in [3.05, 3.63) is 70.8 Å². The first-order valence-electron chi connectivity index (χ1n) is 9.71. The van der Waals surface area contributed by atoms with E-state index in [4.69, 9.17) is 4.74 Å². The fourth-order valence-electron chi connectivity index (χ4n) is 3.31. The number of aryl methyl sites for hydroxylation is 1. The van der Waals surface area contributed by atoms with Gasteiger partial charge in [-0.1, -0.05) is 24.3 Å². The van der Waals surface area contributed by atoms with Crippen LogP contribution in [0.3, 0.4) is 0 Å². The highest BCUT2D eigenvalue weighted by Gasteiger charge is 2.24. The van der Waals surface area contributed by atoms with E-state index in [1.165, 1.54) is 12.1 Å². The highest BCUT2D eigenvalue weighted by Crippen LogP contribution is 2.14. The summed E-state index contributed by atoms with van der Waals surface area (Å²) in [5.41, 5.74) is 1.32. The Morgan fingerprint density at radius 2 is 1.83 bits per heavy atom. The number of hydrogen-bond acceptors (Lipinski definition) is 4. The average molecular weight is 404 g/mol. The molecule has 29 heavy (non-hydrogen) atoms. The molecule has 0 aromatic heterocycles. The van der Waals surface area contributed by atoms with Crippen molar-refractivity contribution in [1.82, 2.24) is 9.80 Å². The first-order chi connectivity index (χ1) is 13.9. The van der Waals surface area contributed by atoms with Crippen LogP contribution in [-0.4, -0.2) is 66.2 Å². The Morgan fingerprint density at radius 3 is 2.52 bits per heavy atom. The van der Waals surface area contributed by atoms with Gasteiger partial charge in [0.2, 0.25) is 0 Å². The monoisotopic (exact) mass is 404 g/mol. The third-order valence-electron chi connectivity index (χ3n) is 5.07. The zero-order valence-corrected chi connectivity index (χ0v) is 16.5. The van der Waals surface area contributed by atoms with Crippen LogP contribution in [0.2, 0.25) is 0 Å². The Bertz CT molecular complexity index is 839. The van der Waals surface area contributed by atoms with E-state index in [1.54, 1.807) is 42.2 Å². The van der Waals surface area contributed by atoms with Gasteiger partial charge >= 0.3 is 0 Å². The highest BCUT2D eigenvalue weighted by molar-refractivity contribution is 5.94. The fourth-order valence-corrected chi connectivity index (χ4v) is 3.31. The molecule has 0 aliphatic carbocycles. The second-order valence-electron chi connectivity index (χ2n) is 7.32. The summed E-state index contributed by atoms with van der Waals surface area (Å²) in [7, 11) is 0. The first-order valence-corrected chi connectivity index (χ1v) is 9.71. The number of carbonyl (C=O) groups excluding carboxylic acids is 1. The Hall–Kier alpha value is -2.35. The number of aliphatic hydroxyl groups excluding tert-OH is 1. The van der Waals surface area contributed by atoms with E-state index < -0.39 is 6.10 Å². The van der Waals surface area contributed by atoms with Gasteiger partial charge in [0.15, 0.2) is 0 Å². The van der Waals surface area contributed by atoms with Crippen LogP contribution >= 0.6 is 0 Å². The molecule has 1 aliphatic rings. The van der Waals surface area contributed by atoms with Gasteiger partial charge in [0.05, 0.1) is 19.3 Å². The Labute approximate surface area is 169 Å². The van der Waals surface area contributed by atoms with Crippen LogP contribution in [0.1, 0.15) is 21.5 Å². The molecule has 1 fully saturated rings. The molecule has 3 rings (SSSR count). The van der Waals surface area contributed by atoms with Crippen molar-refractivity contribution in [2.45, 2.75) is 19.6 Å². The minimum atomic E-state index is -0.699. The summed E-state index contributed by atoms with van der Waals surface area (Å²) in [5, 5.41) is 10.2. The quantitative estimate of drug-likeness (QED) is 0.771. The van der Waals surface area contributed by atoms with E-state index in [2.05, 4.69) is 4.90 Å². The number of halogens is 2. The molecule has 1 saturated heterocycles. The van der Waals surface area contributed by atoms with E-state index in [1.807, 2.05) is 0 Å². The second-order valence-corrected chi connectivity index (χ2v) is 7.32. The van der Waals surface area contributed by atoms with Crippen molar-refractivity contribution in [3.8, 4) is 0 Å². The number of rotatable bonds is 7. The lowest BCUT2D eigenvalue weighted by Crippen LogP contribution is -2.50. The summed E-state index contributed by atoms with van der Waals surface area (Å²) >= 11 is 0. The number of nitrogens with zero attached hydrogens (tertiary/aromatic N) is 2. The third-order valence-corrected chi connectivity index (χ3v) is 5.07. The van der Waals surface area contributed by atoms with E-state index in [9.17, 15) is 18.7 Å². The molecule has 1 heterocycles. The van der Waals surface area contributed by atoms with Crippen molar-refractivity contribution in [1.29, 1.82) is 0 Å². The smallest absolute Gasteiger partial charge is 0.254 e. The lowest BCUT2D eigenvalue weighted by atomic mass is 10.1. The molecule has 1 amide bonds. The number of hydrogen-bond donors (Lipinski definition) is 1. The van der Waals surface area contributed by atoms with Gasteiger partial charge in [-0.2, -0.15) is 0 Å². The number of ether oxygens (including phenoxy) is 1. The van der Waals surface area contributed by atoms with Gasteiger partial charge in [-0.05, 0) is 30.7 Å². The lowest BCUT2D eigenvalue weighted by molar-refractivity contribution is 0.00143. The highest BCUT2D eigenvalue weighted by atomic mass is 19.1. The second kappa shape index (κ2) is 9.91. The Morgan fingerprint density at radius 1 is 1.10 bits per heavy atom. The van der Waals surface area contributed by atoms with E-state index in [-0.39, 0.29) is 30.8 Å². The minimum Gasteiger partial charge on any atom is -0.389 e. The van der Waals surface area contributed by atoms with Crippen molar-refractivity contribution in [2.75, 3.05) is 39.3 Å². The van der Waals surface area contributed by atoms with E-state index >= 15 is 0 Å². The van der Waals surface area contributed by atoms with Crippen LogP contribution < -0.4 is 0 Å². The van der Waals surface area contributed by atoms with Crippen molar-refractivity contribution >= 4 is 5.91 Å². The number of carbonyl (C=O) groups is 1. The van der Waals surface area contributed by atoms with Gasteiger partial charge in [0.1, 0.15) is 11.6 Å². The summed E-state index contributed by atoms with van der Waals surface area (Å²) in [4.78, 5) is 16.3. The van der Waals surface area contributed by atoms with Crippen molar-refractivity contribution in [3.63, 3.8) is 0 Å². The molecule has 7 heteroatoms. The first kappa shape index (κ1) is 21.4. The molecule has 2 aromatic rings. The predicted molar refractivity (Wildman–Crippen MR) is 106 cm³/mol. The maximum absolute atomic E-state index is 13.7. The molecule has 156 valence electrons. The summed E-state index contributed by atoms with van der Waals surface area (Å²) in [5.74, 6) is -0.887. The number of amides is 1. The predicted octanol–water partition coefficient (Wildman–Crippen LogP) is 2.61. The van der Waals surface area contributed by atoms with Gasteiger partial charge in [-0.25, -0.2) is 8.78 Å². The number of piperazine rings is 1. The molecule has 0 radical (unpaired) electrons. The average Bonchev–Trinajstić information content (AvgIpc) is 2.71. The summed E-state index contributed by atoms with van der Waals surface area (Å²) in [6.45, 7) is 4.55. The largest absolute Gasteiger partial charge is 0.389 e. The Kier molecular flexibility index (Phi) is 7.30. The van der Waals surface area contributed by atoms with Crippen molar-refractivity contribution in [2.24, 2.45) is 0 Å². The molecule has 1 aliphatic heterocycles. The molecule has 0 saturated carbocycles. The van der Waals surface area contributed by atoms with Gasteiger partial charge in [0.25, 0.3) is 5.91 Å². The summed E-state index contributed by atoms with van der Waals surface area (Å²) in [6.07, 6.45) is -0.699. The molecule has 1 unspecified atom stereocenters. The third kappa shape index (κ3) is 5.82. The zero-order chi connectivity index (χ0) is 20.8. The molecule has 5 nitrogen and oxygen atoms in total. The minimum absolute atomic E-state index is 0.107. The molecular weight excluding hydrogens is 378 g/mol. The molecule has 2 aromatic carbocycles. The van der Waals surface area contributed by atoms with Crippen LogP contribution in [-0.2, 0) is 11.3 Å². The van der Waals surface area contributed by atoms with Crippen LogP contribution in [0.5, 0.6) is 0 Å². The normalized spacial score (nSPS) is 16.1. The van der Waals surface area contributed by atoms with Crippen LogP contribution in [0.25, 0.3) is 0 Å². The number of β-amino-alcohol motifs (C(OH)–C–C–N with tert-alkyl or cyclic N) is 1. The topological polar surface area (TPSA) is 53.0 Å². The molecule has 1 N–H and O–H groups in total. The Balaban J connectivity index is 1.40. The molecular formula is C22H26F2N2O3. The van der Waals surface area contributed by atoms with Gasteiger partial charge < -0.3 is 14.7 Å². The standard InChI is InChI=1S/C22H26F2N2O3/c1-16-6-7-17(12-21(16)24)22(28)26-10-8-25(9-11-26)13-19(27)15-29-14-18-4-2-3-5-20(18)23/h2-7,12,19,27H,8-11,13-15H2,1H3. The van der Waals surface area contributed by atoms with E-state index in [0.29, 0.717) is 49.4 Å². The molecule has 0 bridgehead atoms. The number of benzene rings is 2. The van der Waals surface area contributed by atoms with E-state index in [0.717, 1.165) is 0 Å². The van der Waals surface area contributed by atoms with Crippen LogP contribution in [0, 0.1) is 18.6 Å². The van der Waals surface area contributed by atoms with Gasteiger partial charge in [0, 0.05) is 43.9 Å². The SMILES string of the molecule is Cc1ccc(C(=O)N2CCN(CC(O)COCc3ccccc3F)CC2)cc1F. The van der Waals surface area contributed by atoms with Crippen LogP contribution in [0.4, 0.5) is 8.78 Å². The number of aliphatic hydroxyl groups is 1. The fraction of sp³-hybridized carbons (Fsp3) is 0.409. The zero-order valence-electron chi connectivity index (χ0n) is 16.5. The maximum atomic E-state index is 13.7. The molecule has 0 spiro atoms. The van der Waals surface area contributed by atoms with Crippen molar-refractivity contribution < 1.29 is 23.4 Å². The maximum Gasteiger partial charge on any atom is 0.254 e. The molecule has 1 atom stereocenters. The van der Waals surface area contributed by atoms with Gasteiger partial charge in [-0.3, -0.25) is 9.69 Å². The van der Waals surface area contributed by atoms with Gasteiger partial charge in [-0.15, -0.1) is 0 Å². The van der Waals surface area contributed by atoms with Crippen LogP contribution in [0.15, 0.2) is 42.5 Å².